The Hall–Kier alpha value is -3.43. The van der Waals surface area contributed by atoms with E-state index in [1.807, 2.05) is 27.7 Å². The van der Waals surface area contributed by atoms with Gasteiger partial charge >= 0.3 is 5.97 Å². The number of aromatic nitrogens is 3. The van der Waals surface area contributed by atoms with Crippen molar-refractivity contribution in [1.29, 1.82) is 0 Å². The molecule has 1 atom stereocenters. The molecule has 2 aromatic heterocycles. The highest BCUT2D eigenvalue weighted by Crippen LogP contribution is 2.45. The number of fused-ring (bicyclic) bond motifs is 3. The number of nitrogens with zero attached hydrogens (tertiary/aromatic N) is 4. The highest BCUT2D eigenvalue weighted by Gasteiger charge is 2.34. The van der Waals surface area contributed by atoms with Gasteiger partial charge in [0.25, 0.3) is 0 Å². The summed E-state index contributed by atoms with van der Waals surface area (Å²) in [6.07, 6.45) is 6.12. The van der Waals surface area contributed by atoms with Crippen molar-refractivity contribution < 1.29 is 19.4 Å². The summed E-state index contributed by atoms with van der Waals surface area (Å²) in [6, 6.07) is 5.52. The molecule has 1 unspecified atom stereocenters. The molecule has 4 heterocycles. The molecular formula is C28H34N4O5. The SMILES string of the molecule is COc1cc2c(cc1-c1cnn(CCN3CCOCC3)c1)CC(C(C)(C)C)n1cc(C(=O)O)c(=O)cc1-2. The topological polar surface area (TPSA) is 98.8 Å². The molecule has 0 radical (unpaired) electrons. The predicted molar refractivity (Wildman–Crippen MR) is 140 cm³/mol. The van der Waals surface area contributed by atoms with Crippen LogP contribution in [0.2, 0.25) is 0 Å². The fourth-order valence-corrected chi connectivity index (χ4v) is 5.33. The summed E-state index contributed by atoms with van der Waals surface area (Å²) < 4.78 is 15.1. The van der Waals surface area contributed by atoms with E-state index in [9.17, 15) is 14.7 Å². The van der Waals surface area contributed by atoms with Gasteiger partial charge in [-0.3, -0.25) is 14.4 Å². The number of methoxy groups -OCH3 is 1. The zero-order chi connectivity index (χ0) is 26.3. The highest BCUT2D eigenvalue weighted by atomic mass is 16.5. The number of pyridine rings is 1. The molecule has 0 spiro atoms. The number of carboxylic acid groups (broad SMARTS) is 1. The second-order valence-corrected chi connectivity index (χ2v) is 10.9. The lowest BCUT2D eigenvalue weighted by Gasteiger charge is -2.39. The summed E-state index contributed by atoms with van der Waals surface area (Å²) in [7, 11) is 1.63. The zero-order valence-corrected chi connectivity index (χ0v) is 21.9. The van der Waals surface area contributed by atoms with Crippen LogP contribution in [-0.4, -0.2) is 70.3 Å². The van der Waals surface area contributed by atoms with Crippen molar-refractivity contribution in [2.45, 2.75) is 39.8 Å². The molecule has 2 aliphatic rings. The maximum Gasteiger partial charge on any atom is 0.341 e. The molecule has 3 aromatic rings. The molecular weight excluding hydrogens is 472 g/mol. The minimum Gasteiger partial charge on any atom is -0.496 e. The molecule has 1 fully saturated rings. The number of rotatable bonds is 6. The van der Waals surface area contributed by atoms with Crippen LogP contribution in [0.1, 0.15) is 42.7 Å². The smallest absolute Gasteiger partial charge is 0.341 e. The molecule has 0 aliphatic carbocycles. The first-order valence-electron chi connectivity index (χ1n) is 12.7. The zero-order valence-electron chi connectivity index (χ0n) is 21.9. The molecule has 1 saturated heterocycles. The molecule has 5 rings (SSSR count). The fraction of sp³-hybridized carbons (Fsp3) is 0.464. The van der Waals surface area contributed by atoms with Gasteiger partial charge in [-0.05, 0) is 29.5 Å². The minimum absolute atomic E-state index is 0.0220. The van der Waals surface area contributed by atoms with Crippen LogP contribution >= 0.6 is 0 Å². The standard InChI is InChI=1S/C28H34N4O5/c1-28(2,3)26-12-18-11-21(19-15-29-31(16-19)6-5-30-7-9-37-10-8-30)25(36-4)13-20(18)23-14-24(33)22(27(34)35)17-32(23)26/h11,13-17,26H,5-10,12H2,1-4H3,(H,34,35). The average Bonchev–Trinajstić information content (AvgIpc) is 3.34. The third-order valence-corrected chi connectivity index (χ3v) is 7.45. The van der Waals surface area contributed by atoms with Crippen LogP contribution in [0.15, 0.2) is 41.6 Å². The maximum atomic E-state index is 12.7. The molecule has 9 nitrogen and oxygen atoms in total. The van der Waals surface area contributed by atoms with Crippen LogP contribution in [-0.2, 0) is 17.7 Å². The Kier molecular flexibility index (Phi) is 6.68. The molecule has 37 heavy (non-hydrogen) atoms. The summed E-state index contributed by atoms with van der Waals surface area (Å²) in [5.41, 5.74) is 3.74. The second kappa shape index (κ2) is 9.79. The van der Waals surface area contributed by atoms with Gasteiger partial charge in [-0.25, -0.2) is 4.79 Å². The first-order chi connectivity index (χ1) is 17.7. The molecule has 196 valence electrons. The third kappa shape index (κ3) is 4.93. The van der Waals surface area contributed by atoms with Crippen molar-refractivity contribution in [3.63, 3.8) is 0 Å². The molecule has 0 bridgehead atoms. The first-order valence-corrected chi connectivity index (χ1v) is 12.7. The normalized spacial score (nSPS) is 17.8. The van der Waals surface area contributed by atoms with Crippen molar-refractivity contribution in [2.75, 3.05) is 40.0 Å². The van der Waals surface area contributed by atoms with E-state index in [2.05, 4.69) is 36.8 Å². The Morgan fingerprint density at radius 3 is 2.57 bits per heavy atom. The number of morpholine rings is 1. The van der Waals surface area contributed by atoms with E-state index < -0.39 is 11.4 Å². The Morgan fingerprint density at radius 1 is 1.14 bits per heavy atom. The number of carbonyl (C=O) groups is 1. The van der Waals surface area contributed by atoms with Crippen LogP contribution in [0.5, 0.6) is 5.75 Å². The van der Waals surface area contributed by atoms with Gasteiger partial charge in [0.15, 0.2) is 5.43 Å². The van der Waals surface area contributed by atoms with Gasteiger partial charge in [-0.15, -0.1) is 0 Å². The van der Waals surface area contributed by atoms with Crippen LogP contribution in [0.25, 0.3) is 22.4 Å². The Morgan fingerprint density at radius 2 is 1.89 bits per heavy atom. The van der Waals surface area contributed by atoms with Crippen molar-refractivity contribution in [3.05, 3.63) is 58.1 Å². The monoisotopic (exact) mass is 506 g/mol. The van der Waals surface area contributed by atoms with Crippen LogP contribution < -0.4 is 10.2 Å². The molecule has 0 saturated carbocycles. The number of carboxylic acids is 1. The van der Waals surface area contributed by atoms with Gasteiger partial charge in [-0.2, -0.15) is 5.10 Å². The van der Waals surface area contributed by atoms with E-state index in [-0.39, 0.29) is 17.0 Å². The molecule has 9 heteroatoms. The Bertz CT molecular complexity index is 1380. The molecule has 1 aromatic carbocycles. The van der Waals surface area contributed by atoms with E-state index in [0.29, 0.717) is 17.9 Å². The minimum atomic E-state index is -1.21. The van der Waals surface area contributed by atoms with Crippen molar-refractivity contribution in [1.82, 2.24) is 19.2 Å². The number of hydrogen-bond acceptors (Lipinski definition) is 6. The Labute approximate surface area is 216 Å². The summed E-state index contributed by atoms with van der Waals surface area (Å²) in [4.78, 5) is 26.8. The van der Waals surface area contributed by atoms with E-state index in [4.69, 9.17) is 9.47 Å². The van der Waals surface area contributed by atoms with Crippen molar-refractivity contribution >= 4 is 5.97 Å². The maximum absolute atomic E-state index is 12.7. The number of aromatic carboxylic acids is 1. The molecule has 0 amide bonds. The van der Waals surface area contributed by atoms with E-state index in [1.54, 1.807) is 7.11 Å². The number of hydrogen-bond donors (Lipinski definition) is 1. The lowest BCUT2D eigenvalue weighted by Crippen LogP contribution is -2.38. The number of benzene rings is 1. The lowest BCUT2D eigenvalue weighted by molar-refractivity contribution is 0.0360. The van der Waals surface area contributed by atoms with Crippen molar-refractivity contribution in [3.8, 4) is 28.1 Å². The summed E-state index contributed by atoms with van der Waals surface area (Å²) in [5.74, 6) is -0.528. The van der Waals surface area contributed by atoms with Crippen LogP contribution in [0.4, 0.5) is 0 Å². The lowest BCUT2D eigenvalue weighted by atomic mass is 9.78. The fourth-order valence-electron chi connectivity index (χ4n) is 5.33. The molecule has 1 N–H and O–H groups in total. The van der Waals surface area contributed by atoms with E-state index in [0.717, 1.165) is 61.6 Å². The highest BCUT2D eigenvalue weighted by molar-refractivity contribution is 5.88. The summed E-state index contributed by atoms with van der Waals surface area (Å²) in [5, 5.41) is 14.2. The van der Waals surface area contributed by atoms with Crippen molar-refractivity contribution in [2.24, 2.45) is 5.41 Å². The third-order valence-electron chi connectivity index (χ3n) is 7.45. The average molecular weight is 507 g/mol. The van der Waals surface area contributed by atoms with Gasteiger partial charge in [0, 0.05) is 60.8 Å². The number of ether oxygens (including phenoxy) is 2. The van der Waals surface area contributed by atoms with E-state index in [1.165, 1.54) is 12.3 Å². The quantitative estimate of drug-likeness (QED) is 0.546. The second-order valence-electron chi connectivity index (χ2n) is 10.9. The molecule has 2 aliphatic heterocycles. The summed E-state index contributed by atoms with van der Waals surface area (Å²) >= 11 is 0. The van der Waals surface area contributed by atoms with Gasteiger partial charge in [-0.1, -0.05) is 20.8 Å². The van der Waals surface area contributed by atoms with E-state index >= 15 is 0 Å². The van der Waals surface area contributed by atoms with Crippen LogP contribution in [0.3, 0.4) is 0 Å². The van der Waals surface area contributed by atoms with Gasteiger partial charge in [0.05, 0.1) is 38.8 Å². The summed E-state index contributed by atoms with van der Waals surface area (Å²) in [6.45, 7) is 11.6. The largest absolute Gasteiger partial charge is 0.496 e. The first kappa shape index (κ1) is 25.2. The van der Waals surface area contributed by atoms with Crippen LogP contribution in [0, 0.1) is 5.41 Å². The van der Waals surface area contributed by atoms with Gasteiger partial charge < -0.3 is 19.1 Å². The predicted octanol–water partition coefficient (Wildman–Crippen LogP) is 3.56. The Balaban J connectivity index is 1.53. The van der Waals surface area contributed by atoms with Gasteiger partial charge in [0.2, 0.25) is 0 Å². The van der Waals surface area contributed by atoms with Gasteiger partial charge in [0.1, 0.15) is 11.3 Å².